The first-order chi connectivity index (χ1) is 7.16. The van der Waals surface area contributed by atoms with E-state index >= 15 is 0 Å². The molecule has 0 aliphatic carbocycles. The molecule has 88 valence electrons. The van der Waals surface area contributed by atoms with Gasteiger partial charge in [-0.3, -0.25) is 0 Å². The van der Waals surface area contributed by atoms with Crippen LogP contribution in [0.3, 0.4) is 0 Å². The second-order valence-corrected chi connectivity index (χ2v) is 7.32. The molecule has 0 aromatic carbocycles. The van der Waals surface area contributed by atoms with Gasteiger partial charge in [0.2, 0.25) is 0 Å². The molecule has 0 saturated carbocycles. The van der Waals surface area contributed by atoms with Crippen molar-refractivity contribution in [3.63, 3.8) is 0 Å². The van der Waals surface area contributed by atoms with Gasteiger partial charge in [-0.05, 0) is 38.4 Å². The van der Waals surface area contributed by atoms with E-state index in [0.717, 1.165) is 5.92 Å². The summed E-state index contributed by atoms with van der Waals surface area (Å²) in [5.41, 5.74) is 0. The predicted molar refractivity (Wildman–Crippen MR) is 68.6 cm³/mol. The van der Waals surface area contributed by atoms with Gasteiger partial charge in [-0.25, -0.2) is 0 Å². The Balaban J connectivity index is 1.78. The third kappa shape index (κ3) is 3.65. The molecule has 1 atom stereocenters. The molecule has 0 amide bonds. The smallest absolute Gasteiger partial charge is 0.0116 e. The van der Waals surface area contributed by atoms with Crippen LogP contribution >= 0.6 is 11.8 Å². The van der Waals surface area contributed by atoms with Gasteiger partial charge < -0.3 is 10.2 Å². The molecule has 2 heterocycles. The van der Waals surface area contributed by atoms with Crippen molar-refractivity contribution in [2.24, 2.45) is 5.92 Å². The van der Waals surface area contributed by atoms with Gasteiger partial charge >= 0.3 is 0 Å². The van der Waals surface area contributed by atoms with Crippen LogP contribution in [0, 0.1) is 5.92 Å². The average molecular weight is 228 g/mol. The first-order valence-electron chi connectivity index (χ1n) is 6.23. The van der Waals surface area contributed by atoms with Crippen molar-refractivity contribution in [2.45, 2.75) is 31.4 Å². The highest BCUT2D eigenvalue weighted by atomic mass is 32.2. The summed E-state index contributed by atoms with van der Waals surface area (Å²) < 4.78 is 0.503. The highest BCUT2D eigenvalue weighted by Crippen LogP contribution is 2.30. The molecular formula is C12H24N2S. The number of nitrogens with one attached hydrogen (secondary N) is 1. The Morgan fingerprint density at radius 1 is 1.40 bits per heavy atom. The molecule has 2 nitrogen and oxygen atoms in total. The summed E-state index contributed by atoms with van der Waals surface area (Å²) in [4.78, 5) is 2.68. The van der Waals surface area contributed by atoms with E-state index in [1.165, 1.54) is 51.3 Å². The van der Waals surface area contributed by atoms with Crippen molar-refractivity contribution in [2.75, 3.05) is 38.5 Å². The summed E-state index contributed by atoms with van der Waals surface area (Å²) in [6.07, 6.45) is 2.73. The summed E-state index contributed by atoms with van der Waals surface area (Å²) >= 11 is 2.15. The third-order valence-electron chi connectivity index (χ3n) is 3.61. The minimum Gasteiger partial charge on any atom is -0.316 e. The lowest BCUT2D eigenvalue weighted by Crippen LogP contribution is -2.33. The van der Waals surface area contributed by atoms with Crippen LogP contribution in [0.15, 0.2) is 0 Å². The highest BCUT2D eigenvalue weighted by Gasteiger charge is 2.25. The van der Waals surface area contributed by atoms with Gasteiger partial charge in [0.25, 0.3) is 0 Å². The fraction of sp³-hybridized carbons (Fsp3) is 1.00. The number of hydrogen-bond acceptors (Lipinski definition) is 3. The normalized spacial score (nSPS) is 32.8. The zero-order chi connectivity index (χ0) is 10.7. The van der Waals surface area contributed by atoms with E-state index in [9.17, 15) is 0 Å². The Bertz CT molecular complexity index is 200. The predicted octanol–water partition coefficient (Wildman–Crippen LogP) is 1.81. The van der Waals surface area contributed by atoms with E-state index in [1.807, 2.05) is 0 Å². The van der Waals surface area contributed by atoms with E-state index in [1.54, 1.807) is 0 Å². The second kappa shape index (κ2) is 5.07. The lowest BCUT2D eigenvalue weighted by Gasteiger charge is -2.24. The topological polar surface area (TPSA) is 15.3 Å². The lowest BCUT2D eigenvalue weighted by molar-refractivity contribution is 0.246. The van der Waals surface area contributed by atoms with E-state index in [-0.39, 0.29) is 0 Å². The van der Waals surface area contributed by atoms with Crippen molar-refractivity contribution < 1.29 is 0 Å². The summed E-state index contributed by atoms with van der Waals surface area (Å²) in [7, 11) is 0. The Morgan fingerprint density at radius 3 is 3.00 bits per heavy atom. The zero-order valence-corrected chi connectivity index (χ0v) is 10.9. The highest BCUT2D eigenvalue weighted by molar-refractivity contribution is 8.00. The molecule has 2 aliphatic heterocycles. The van der Waals surface area contributed by atoms with Gasteiger partial charge in [0.05, 0.1) is 0 Å². The van der Waals surface area contributed by atoms with Gasteiger partial charge in [0.15, 0.2) is 0 Å². The maximum Gasteiger partial charge on any atom is 0.0116 e. The first kappa shape index (κ1) is 11.7. The molecule has 2 aliphatic rings. The minimum absolute atomic E-state index is 0.503. The minimum atomic E-state index is 0.503. The van der Waals surface area contributed by atoms with Gasteiger partial charge in [0, 0.05) is 23.6 Å². The molecule has 0 bridgehead atoms. The first-order valence-corrected chi connectivity index (χ1v) is 7.21. The van der Waals surface area contributed by atoms with Crippen molar-refractivity contribution >= 4 is 11.8 Å². The Hall–Kier alpha value is 0.270. The molecular weight excluding hydrogens is 204 g/mol. The van der Waals surface area contributed by atoms with Crippen molar-refractivity contribution in [3.05, 3.63) is 0 Å². The van der Waals surface area contributed by atoms with Crippen LogP contribution in [0.1, 0.15) is 26.7 Å². The molecule has 0 aromatic heterocycles. The summed E-state index contributed by atoms with van der Waals surface area (Å²) in [5, 5.41) is 3.46. The molecule has 2 fully saturated rings. The second-order valence-electron chi connectivity index (χ2n) is 5.52. The number of thioether (sulfide) groups is 1. The van der Waals surface area contributed by atoms with Crippen LogP contribution in [0.5, 0.6) is 0 Å². The molecule has 1 unspecified atom stereocenters. The molecule has 3 heteroatoms. The summed E-state index contributed by atoms with van der Waals surface area (Å²) in [6.45, 7) is 11.2. The van der Waals surface area contributed by atoms with Crippen LogP contribution in [0.2, 0.25) is 0 Å². The van der Waals surface area contributed by atoms with Crippen molar-refractivity contribution in [1.29, 1.82) is 0 Å². The van der Waals surface area contributed by atoms with Crippen molar-refractivity contribution in [1.82, 2.24) is 10.2 Å². The van der Waals surface area contributed by atoms with Crippen LogP contribution in [0.4, 0.5) is 0 Å². The Kier molecular flexibility index (Phi) is 3.97. The Morgan fingerprint density at radius 2 is 2.27 bits per heavy atom. The quantitative estimate of drug-likeness (QED) is 0.776. The zero-order valence-electron chi connectivity index (χ0n) is 10.1. The molecule has 0 spiro atoms. The number of rotatable bonds is 2. The van der Waals surface area contributed by atoms with Crippen LogP contribution in [0.25, 0.3) is 0 Å². The molecule has 1 N–H and O–H groups in total. The molecule has 2 saturated heterocycles. The van der Waals surface area contributed by atoms with E-state index in [0.29, 0.717) is 4.75 Å². The van der Waals surface area contributed by atoms with Crippen LogP contribution in [-0.2, 0) is 0 Å². The summed E-state index contributed by atoms with van der Waals surface area (Å²) in [5.74, 6) is 2.23. The Labute approximate surface area is 98.2 Å². The maximum atomic E-state index is 3.46. The summed E-state index contributed by atoms with van der Waals surface area (Å²) in [6, 6.07) is 0. The fourth-order valence-corrected chi connectivity index (χ4v) is 3.62. The third-order valence-corrected chi connectivity index (χ3v) is 4.98. The maximum absolute atomic E-state index is 3.46. The van der Waals surface area contributed by atoms with Gasteiger partial charge in [-0.15, -0.1) is 0 Å². The van der Waals surface area contributed by atoms with Crippen molar-refractivity contribution in [3.8, 4) is 0 Å². The fourth-order valence-electron chi connectivity index (χ4n) is 2.48. The van der Waals surface area contributed by atoms with Crippen LogP contribution < -0.4 is 5.32 Å². The SMILES string of the molecule is CC1(C)CCN(CC2CCNC2)CCS1. The van der Waals surface area contributed by atoms with E-state index in [4.69, 9.17) is 0 Å². The number of hydrogen-bond donors (Lipinski definition) is 1. The number of nitrogens with zero attached hydrogens (tertiary/aromatic N) is 1. The standard InChI is InChI=1S/C12H24N2S/c1-12(2)4-6-14(7-8-15-12)10-11-3-5-13-9-11/h11,13H,3-10H2,1-2H3. The van der Waals surface area contributed by atoms with Gasteiger partial charge in [-0.1, -0.05) is 13.8 Å². The van der Waals surface area contributed by atoms with E-state index in [2.05, 4.69) is 35.8 Å². The van der Waals surface area contributed by atoms with Gasteiger partial charge in [-0.2, -0.15) is 11.8 Å². The largest absolute Gasteiger partial charge is 0.316 e. The average Bonchev–Trinajstić information content (AvgIpc) is 2.60. The lowest BCUT2D eigenvalue weighted by atomic mass is 10.1. The van der Waals surface area contributed by atoms with E-state index < -0.39 is 0 Å². The molecule has 0 aromatic rings. The van der Waals surface area contributed by atoms with Crippen LogP contribution in [-0.4, -0.2) is 48.1 Å². The van der Waals surface area contributed by atoms with Gasteiger partial charge in [0.1, 0.15) is 0 Å². The molecule has 2 rings (SSSR count). The monoisotopic (exact) mass is 228 g/mol. The molecule has 15 heavy (non-hydrogen) atoms. The molecule has 0 radical (unpaired) electrons.